The van der Waals surface area contributed by atoms with Crippen molar-refractivity contribution in [2.45, 2.75) is 87.0 Å². The fourth-order valence-electron chi connectivity index (χ4n) is 8.33. The lowest BCUT2D eigenvalue weighted by atomic mass is 9.58. The Hall–Kier alpha value is -2.04. The van der Waals surface area contributed by atoms with Gasteiger partial charge in [-0.1, -0.05) is 41.5 Å². The third-order valence-corrected chi connectivity index (χ3v) is 11.1. The van der Waals surface area contributed by atoms with E-state index in [0.717, 1.165) is 19.3 Å². The van der Waals surface area contributed by atoms with Crippen molar-refractivity contribution in [2.75, 3.05) is 0 Å². The Morgan fingerprint density at radius 2 is 1.69 bits per heavy atom. The molecule has 0 bridgehead atoms. The molecule has 5 nitrogen and oxygen atoms in total. The summed E-state index contributed by atoms with van der Waals surface area (Å²) in [6.45, 7) is 15.4. The van der Waals surface area contributed by atoms with E-state index in [0.29, 0.717) is 41.2 Å². The highest BCUT2D eigenvalue weighted by Crippen LogP contribution is 2.68. The molecule has 0 amide bonds. The van der Waals surface area contributed by atoms with Gasteiger partial charge < -0.3 is 5.11 Å². The van der Waals surface area contributed by atoms with E-state index < -0.39 is 16.8 Å². The number of carbonyl (C=O) groups is 4. The number of carboxylic acids is 1. The van der Waals surface area contributed by atoms with Crippen LogP contribution in [-0.4, -0.2) is 28.4 Å². The van der Waals surface area contributed by atoms with Crippen LogP contribution in [0.25, 0.3) is 0 Å². The van der Waals surface area contributed by atoms with Crippen LogP contribution in [0.5, 0.6) is 0 Å². The second-order valence-electron chi connectivity index (χ2n) is 13.2. The van der Waals surface area contributed by atoms with Crippen molar-refractivity contribution in [3.05, 3.63) is 23.3 Å². The van der Waals surface area contributed by atoms with Crippen LogP contribution < -0.4 is 0 Å². The van der Waals surface area contributed by atoms with E-state index in [-0.39, 0.29) is 47.4 Å². The molecule has 4 aliphatic rings. The number of hydrogen-bond acceptors (Lipinski definition) is 4. The summed E-state index contributed by atoms with van der Waals surface area (Å²) in [6, 6.07) is 0. The quantitative estimate of drug-likeness (QED) is 0.494. The molecule has 0 aliphatic heterocycles. The maximum Gasteiger partial charge on any atom is 0.303 e. The summed E-state index contributed by atoms with van der Waals surface area (Å²) in [5.41, 5.74) is -0.504. The summed E-state index contributed by atoms with van der Waals surface area (Å²) in [4.78, 5) is 51.1. The van der Waals surface area contributed by atoms with E-state index in [1.54, 1.807) is 6.92 Å². The summed E-state index contributed by atoms with van der Waals surface area (Å²) in [5, 5.41) is 9.94. The zero-order valence-electron chi connectivity index (χ0n) is 22.4. The van der Waals surface area contributed by atoms with Gasteiger partial charge in [-0.3, -0.25) is 19.2 Å². The number of hydrogen-bond donors (Lipinski definition) is 1. The van der Waals surface area contributed by atoms with Gasteiger partial charge in [0, 0.05) is 17.6 Å². The maximum atomic E-state index is 13.9. The highest BCUT2D eigenvalue weighted by molar-refractivity contribution is 6.23. The first-order chi connectivity index (χ1) is 16.2. The average molecular weight is 483 g/mol. The Morgan fingerprint density at radius 3 is 2.29 bits per heavy atom. The number of allylic oxidation sites excluding steroid dienone is 4. The number of aliphatic carboxylic acids is 1. The molecule has 8 atom stereocenters. The SMILES string of the molecule is CC(C)[C@@H](C)[C@@]1(C)C[C@@H]1[C@@H](C)[C@H]1CC[C@@H](C2=CC(=O)C3=CC(=O)CC[C@]3(C)C2=O)[C@]1(C)CC(=O)O. The van der Waals surface area contributed by atoms with Crippen LogP contribution in [0.1, 0.15) is 87.0 Å². The van der Waals surface area contributed by atoms with E-state index in [1.165, 1.54) is 12.2 Å². The third kappa shape index (κ3) is 3.97. The Kier molecular flexibility index (Phi) is 6.34. The van der Waals surface area contributed by atoms with Crippen LogP contribution in [0, 0.1) is 51.8 Å². The molecule has 0 radical (unpaired) electrons. The Balaban J connectivity index is 1.68. The Labute approximate surface area is 209 Å². The van der Waals surface area contributed by atoms with E-state index in [1.807, 2.05) is 6.92 Å². The molecule has 2 saturated carbocycles. The first-order valence-electron chi connectivity index (χ1n) is 13.4. The standard InChI is InChI=1S/C30H42O5/c1-16(2)18(4)29(6)14-24(29)17(3)21-8-9-22(30(21,7)15-26(33)34)20-13-25(32)23-12-19(31)10-11-28(23,5)27(20)35/h12-13,16-18,21-22,24H,8-11,14-15H2,1-7H3,(H,33,34)/t17-,18+,21+,22-,24+,28-,29+,30+/m0/s1. The molecule has 0 heterocycles. The van der Waals surface area contributed by atoms with Gasteiger partial charge in [-0.05, 0) is 91.1 Å². The van der Waals surface area contributed by atoms with Gasteiger partial charge in [0.2, 0.25) is 0 Å². The van der Waals surface area contributed by atoms with Crippen LogP contribution in [0.15, 0.2) is 23.3 Å². The van der Waals surface area contributed by atoms with Gasteiger partial charge in [0.05, 0.1) is 11.8 Å². The number of Topliss-reactive ketones (excluding diaryl/α,β-unsaturated/α-hetero) is 1. The van der Waals surface area contributed by atoms with Gasteiger partial charge in [0.25, 0.3) is 0 Å². The van der Waals surface area contributed by atoms with Gasteiger partial charge >= 0.3 is 5.97 Å². The van der Waals surface area contributed by atoms with Crippen molar-refractivity contribution in [2.24, 2.45) is 51.8 Å². The van der Waals surface area contributed by atoms with Crippen LogP contribution in [-0.2, 0) is 19.2 Å². The van der Waals surface area contributed by atoms with Gasteiger partial charge in [-0.25, -0.2) is 0 Å². The maximum absolute atomic E-state index is 13.9. The van der Waals surface area contributed by atoms with E-state index in [9.17, 15) is 24.3 Å². The molecule has 0 saturated heterocycles. The largest absolute Gasteiger partial charge is 0.481 e. The monoisotopic (exact) mass is 482 g/mol. The molecule has 0 unspecified atom stereocenters. The molecule has 2 fully saturated rings. The first-order valence-corrected chi connectivity index (χ1v) is 13.4. The second kappa shape index (κ2) is 8.52. The number of ketones is 3. The predicted octanol–water partition coefficient (Wildman–Crippen LogP) is 5.82. The summed E-state index contributed by atoms with van der Waals surface area (Å²) >= 11 is 0. The molecule has 0 aromatic carbocycles. The van der Waals surface area contributed by atoms with Crippen LogP contribution in [0.4, 0.5) is 0 Å². The predicted molar refractivity (Wildman–Crippen MR) is 134 cm³/mol. The number of carboxylic acid groups (broad SMARTS) is 1. The molecular formula is C30H42O5. The molecule has 0 aromatic rings. The summed E-state index contributed by atoms with van der Waals surface area (Å²) in [6.07, 6.45) is 6.15. The lowest BCUT2D eigenvalue weighted by Crippen LogP contribution is -2.45. The van der Waals surface area contributed by atoms with E-state index in [2.05, 4.69) is 34.6 Å². The fourth-order valence-corrected chi connectivity index (χ4v) is 8.33. The molecule has 35 heavy (non-hydrogen) atoms. The second-order valence-corrected chi connectivity index (χ2v) is 13.2. The van der Waals surface area contributed by atoms with Crippen molar-refractivity contribution >= 4 is 23.3 Å². The number of rotatable bonds is 7. The van der Waals surface area contributed by atoms with Crippen LogP contribution >= 0.6 is 0 Å². The van der Waals surface area contributed by atoms with Crippen LogP contribution in [0.3, 0.4) is 0 Å². The molecule has 0 spiro atoms. The smallest absolute Gasteiger partial charge is 0.303 e. The number of fused-ring (bicyclic) bond motifs is 1. The van der Waals surface area contributed by atoms with Gasteiger partial charge in [-0.15, -0.1) is 0 Å². The summed E-state index contributed by atoms with van der Waals surface area (Å²) < 4.78 is 0. The molecule has 5 heteroatoms. The minimum atomic E-state index is -0.981. The highest BCUT2D eigenvalue weighted by atomic mass is 16.4. The first kappa shape index (κ1) is 26.0. The zero-order chi connectivity index (χ0) is 26.1. The molecular weight excluding hydrogens is 440 g/mol. The van der Waals surface area contributed by atoms with Gasteiger partial charge in [0.15, 0.2) is 17.3 Å². The minimum Gasteiger partial charge on any atom is -0.481 e. The summed E-state index contributed by atoms with van der Waals surface area (Å²) in [7, 11) is 0. The van der Waals surface area contributed by atoms with Crippen molar-refractivity contribution in [1.82, 2.24) is 0 Å². The van der Waals surface area contributed by atoms with E-state index >= 15 is 0 Å². The van der Waals surface area contributed by atoms with Crippen molar-refractivity contribution in [3.8, 4) is 0 Å². The summed E-state index contributed by atoms with van der Waals surface area (Å²) in [5.74, 6) is 0.704. The van der Waals surface area contributed by atoms with Crippen LogP contribution in [0.2, 0.25) is 0 Å². The topological polar surface area (TPSA) is 88.5 Å². The van der Waals surface area contributed by atoms with Crippen molar-refractivity contribution < 1.29 is 24.3 Å². The van der Waals surface area contributed by atoms with Crippen molar-refractivity contribution in [1.29, 1.82) is 0 Å². The minimum absolute atomic E-state index is 0.00739. The molecule has 192 valence electrons. The Morgan fingerprint density at radius 1 is 1.03 bits per heavy atom. The average Bonchev–Trinajstić information content (AvgIpc) is 3.36. The van der Waals surface area contributed by atoms with Crippen molar-refractivity contribution in [3.63, 3.8) is 0 Å². The number of carbonyl (C=O) groups excluding carboxylic acids is 3. The van der Waals surface area contributed by atoms with Gasteiger partial charge in [0.1, 0.15) is 0 Å². The fraction of sp³-hybridized carbons (Fsp3) is 0.733. The van der Waals surface area contributed by atoms with E-state index in [4.69, 9.17) is 0 Å². The molecule has 1 N–H and O–H groups in total. The lowest BCUT2D eigenvalue weighted by Gasteiger charge is -2.43. The molecule has 0 aromatic heterocycles. The molecule has 4 aliphatic carbocycles. The zero-order valence-corrected chi connectivity index (χ0v) is 22.4. The third-order valence-electron chi connectivity index (χ3n) is 11.1. The Bertz CT molecular complexity index is 1030. The molecule has 4 rings (SSSR count). The normalized spacial score (nSPS) is 40.8. The highest BCUT2D eigenvalue weighted by Gasteiger charge is 2.62. The van der Waals surface area contributed by atoms with Gasteiger partial charge in [-0.2, -0.15) is 0 Å². The lowest BCUT2D eigenvalue weighted by molar-refractivity contribution is -0.141.